The fourth-order valence-electron chi connectivity index (χ4n) is 2.53. The molecule has 0 radical (unpaired) electrons. The van der Waals surface area contributed by atoms with Gasteiger partial charge in [-0.05, 0) is 43.0 Å². The molecule has 0 aliphatic carbocycles. The van der Waals surface area contributed by atoms with Crippen molar-refractivity contribution in [2.45, 2.75) is 26.7 Å². The predicted molar refractivity (Wildman–Crippen MR) is 96.4 cm³/mol. The van der Waals surface area contributed by atoms with Crippen LogP contribution in [0, 0.1) is 5.92 Å². The zero-order valence-corrected chi connectivity index (χ0v) is 14.8. The highest BCUT2D eigenvalue weighted by Gasteiger charge is 2.19. The number of anilines is 1. The normalized spacial score (nSPS) is 13.6. The van der Waals surface area contributed by atoms with Crippen LogP contribution < -0.4 is 16.0 Å². The van der Waals surface area contributed by atoms with Crippen LogP contribution in [0.5, 0.6) is 0 Å². The molecule has 2 rings (SSSR count). The van der Waals surface area contributed by atoms with Gasteiger partial charge in [-0.15, -0.1) is 0 Å². The lowest BCUT2D eigenvalue weighted by molar-refractivity contribution is -0.118. The van der Waals surface area contributed by atoms with Crippen LogP contribution in [0.1, 0.15) is 37.0 Å². The Bertz CT molecular complexity index is 607. The zero-order chi connectivity index (χ0) is 18.2. The minimum atomic E-state index is -0.493. The number of rotatable bonds is 6. The van der Waals surface area contributed by atoms with Gasteiger partial charge in [0.25, 0.3) is 5.91 Å². The average molecular weight is 346 g/mol. The van der Waals surface area contributed by atoms with E-state index in [2.05, 4.69) is 16.0 Å². The molecule has 1 heterocycles. The molecule has 25 heavy (non-hydrogen) atoms. The number of amides is 4. The molecular weight excluding hydrogens is 320 g/mol. The molecule has 3 N–H and O–H groups in total. The van der Waals surface area contributed by atoms with Gasteiger partial charge in [-0.1, -0.05) is 13.8 Å². The third-order valence-corrected chi connectivity index (χ3v) is 3.90. The number of carbonyl (C=O) groups is 3. The van der Waals surface area contributed by atoms with E-state index in [0.29, 0.717) is 18.0 Å². The Labute approximate surface area is 148 Å². The first-order valence-corrected chi connectivity index (χ1v) is 8.66. The molecule has 136 valence electrons. The summed E-state index contributed by atoms with van der Waals surface area (Å²) in [4.78, 5) is 37.3. The van der Waals surface area contributed by atoms with E-state index in [4.69, 9.17) is 0 Å². The first kappa shape index (κ1) is 18.8. The first-order valence-electron chi connectivity index (χ1n) is 8.66. The molecule has 0 unspecified atom stereocenters. The third-order valence-electron chi connectivity index (χ3n) is 3.90. The maximum Gasteiger partial charge on any atom is 0.321 e. The number of likely N-dealkylation sites (tertiary alicyclic amines) is 1. The van der Waals surface area contributed by atoms with Crippen molar-refractivity contribution in [1.29, 1.82) is 0 Å². The minimum Gasteiger partial charge on any atom is -0.376 e. The molecule has 7 nitrogen and oxygen atoms in total. The van der Waals surface area contributed by atoms with Gasteiger partial charge in [-0.25, -0.2) is 4.79 Å². The van der Waals surface area contributed by atoms with Crippen LogP contribution in [0.15, 0.2) is 24.3 Å². The Morgan fingerprint density at radius 2 is 1.72 bits per heavy atom. The fraction of sp³-hybridized carbons (Fsp3) is 0.500. The minimum absolute atomic E-state index is 0.0193. The van der Waals surface area contributed by atoms with Gasteiger partial charge in [0.1, 0.15) is 0 Å². The highest BCUT2D eigenvalue weighted by Crippen LogP contribution is 2.15. The van der Waals surface area contributed by atoms with Gasteiger partial charge in [-0.2, -0.15) is 0 Å². The van der Waals surface area contributed by atoms with Gasteiger partial charge in [0, 0.05) is 30.9 Å². The van der Waals surface area contributed by atoms with Gasteiger partial charge < -0.3 is 15.5 Å². The van der Waals surface area contributed by atoms with Crippen LogP contribution in [0.2, 0.25) is 0 Å². The second-order valence-corrected chi connectivity index (χ2v) is 6.58. The number of hydrogen-bond acceptors (Lipinski definition) is 4. The van der Waals surface area contributed by atoms with Gasteiger partial charge in [0.05, 0.1) is 6.54 Å². The highest BCUT2D eigenvalue weighted by molar-refractivity contribution is 5.96. The van der Waals surface area contributed by atoms with Crippen molar-refractivity contribution in [1.82, 2.24) is 15.5 Å². The lowest BCUT2D eigenvalue weighted by Gasteiger charge is -2.15. The van der Waals surface area contributed by atoms with E-state index in [1.165, 1.54) is 0 Å². The summed E-state index contributed by atoms with van der Waals surface area (Å²) >= 11 is 0. The topological polar surface area (TPSA) is 90.5 Å². The van der Waals surface area contributed by atoms with Crippen molar-refractivity contribution in [2.75, 3.05) is 31.5 Å². The van der Waals surface area contributed by atoms with E-state index in [-0.39, 0.29) is 12.5 Å². The first-order chi connectivity index (χ1) is 12.0. The van der Waals surface area contributed by atoms with Crippen LogP contribution in [0.3, 0.4) is 0 Å². The molecule has 1 saturated heterocycles. The average Bonchev–Trinajstić information content (AvgIpc) is 3.12. The summed E-state index contributed by atoms with van der Waals surface area (Å²) in [6.45, 7) is 6.08. The van der Waals surface area contributed by atoms with Crippen LogP contribution >= 0.6 is 0 Å². The summed E-state index contributed by atoms with van der Waals surface area (Å²) in [5.41, 5.74) is 1.36. The maximum atomic E-state index is 12.3. The van der Waals surface area contributed by atoms with Crippen molar-refractivity contribution in [3.63, 3.8) is 0 Å². The molecule has 1 aliphatic rings. The van der Waals surface area contributed by atoms with Gasteiger partial charge in [-0.3, -0.25) is 14.9 Å². The number of carbonyl (C=O) groups excluding carboxylic acids is 3. The summed E-state index contributed by atoms with van der Waals surface area (Å²) < 4.78 is 0. The summed E-state index contributed by atoms with van der Waals surface area (Å²) in [5, 5.41) is 7.81. The van der Waals surface area contributed by atoms with Crippen LogP contribution in [0.4, 0.5) is 10.5 Å². The molecule has 1 aromatic carbocycles. The van der Waals surface area contributed by atoms with Crippen molar-refractivity contribution in [3.8, 4) is 0 Å². The Hall–Kier alpha value is -2.57. The van der Waals surface area contributed by atoms with E-state index >= 15 is 0 Å². The van der Waals surface area contributed by atoms with Crippen LogP contribution in [0.25, 0.3) is 0 Å². The summed E-state index contributed by atoms with van der Waals surface area (Å²) in [5.74, 6) is -0.0529. The third kappa shape index (κ3) is 6.10. The monoisotopic (exact) mass is 346 g/mol. The van der Waals surface area contributed by atoms with Crippen molar-refractivity contribution >= 4 is 23.5 Å². The Morgan fingerprint density at radius 1 is 1.08 bits per heavy atom. The summed E-state index contributed by atoms with van der Waals surface area (Å²) in [7, 11) is 0. The Balaban J connectivity index is 1.76. The van der Waals surface area contributed by atoms with Crippen molar-refractivity contribution < 1.29 is 14.4 Å². The molecule has 1 aromatic rings. The standard InChI is InChI=1S/C18H26N4O3/c1-13(2)11-20-18(25)21-16(23)12-19-15-7-5-14(6-8-15)17(24)22-9-3-4-10-22/h5-8,13,19H,3-4,9-12H2,1-2H3,(H2,20,21,23,25). The predicted octanol–water partition coefficient (Wildman–Crippen LogP) is 1.82. The Morgan fingerprint density at radius 3 is 2.32 bits per heavy atom. The Kier molecular flexibility index (Phi) is 6.80. The number of imide groups is 1. The molecule has 0 bridgehead atoms. The maximum absolute atomic E-state index is 12.3. The second-order valence-electron chi connectivity index (χ2n) is 6.58. The molecule has 4 amide bonds. The molecule has 0 saturated carbocycles. The molecule has 0 aromatic heterocycles. The molecular formula is C18H26N4O3. The summed E-state index contributed by atoms with van der Waals surface area (Å²) in [6, 6.07) is 6.52. The zero-order valence-electron chi connectivity index (χ0n) is 14.8. The lowest BCUT2D eigenvalue weighted by Crippen LogP contribution is -2.43. The fourth-order valence-corrected chi connectivity index (χ4v) is 2.53. The summed E-state index contributed by atoms with van der Waals surface area (Å²) in [6.07, 6.45) is 2.12. The molecule has 7 heteroatoms. The van der Waals surface area contributed by atoms with Gasteiger partial charge in [0.15, 0.2) is 0 Å². The molecule has 0 atom stereocenters. The number of nitrogens with zero attached hydrogens (tertiary/aromatic N) is 1. The van der Waals surface area contributed by atoms with E-state index in [0.717, 1.165) is 31.6 Å². The molecule has 0 spiro atoms. The number of urea groups is 1. The van der Waals surface area contributed by atoms with Crippen LogP contribution in [-0.2, 0) is 4.79 Å². The van der Waals surface area contributed by atoms with Gasteiger partial charge in [0.2, 0.25) is 5.91 Å². The lowest BCUT2D eigenvalue weighted by atomic mass is 10.2. The molecule has 1 fully saturated rings. The van der Waals surface area contributed by atoms with E-state index in [9.17, 15) is 14.4 Å². The van der Waals surface area contributed by atoms with Crippen molar-refractivity contribution in [2.24, 2.45) is 5.92 Å². The van der Waals surface area contributed by atoms with E-state index in [1.54, 1.807) is 24.3 Å². The molecule has 1 aliphatic heterocycles. The van der Waals surface area contributed by atoms with Gasteiger partial charge >= 0.3 is 6.03 Å². The largest absolute Gasteiger partial charge is 0.376 e. The number of nitrogens with one attached hydrogen (secondary N) is 3. The smallest absolute Gasteiger partial charge is 0.321 e. The SMILES string of the molecule is CC(C)CNC(=O)NC(=O)CNc1ccc(C(=O)N2CCCC2)cc1. The number of hydrogen-bond donors (Lipinski definition) is 3. The van der Waals surface area contributed by atoms with Crippen molar-refractivity contribution in [3.05, 3.63) is 29.8 Å². The quantitative estimate of drug-likeness (QED) is 0.733. The second kappa shape index (κ2) is 9.05. The number of benzene rings is 1. The van der Waals surface area contributed by atoms with Crippen LogP contribution in [-0.4, -0.2) is 48.9 Å². The van der Waals surface area contributed by atoms with E-state index in [1.807, 2.05) is 18.7 Å². The highest BCUT2D eigenvalue weighted by atomic mass is 16.2. The van der Waals surface area contributed by atoms with E-state index < -0.39 is 11.9 Å².